The Morgan fingerprint density at radius 1 is 1.15 bits per heavy atom. The molecule has 2 aromatic carbocycles. The van der Waals surface area contributed by atoms with Crippen LogP contribution < -0.4 is 10.1 Å². The first-order valence-electron chi connectivity index (χ1n) is 8.19. The van der Waals surface area contributed by atoms with E-state index in [1.165, 1.54) is 0 Å². The molecule has 0 atom stereocenters. The molecule has 0 fully saturated rings. The maximum atomic E-state index is 12.3. The minimum atomic E-state index is -0.708. The van der Waals surface area contributed by atoms with E-state index in [0.29, 0.717) is 27.6 Å². The van der Waals surface area contributed by atoms with Gasteiger partial charge in [-0.05, 0) is 49.7 Å². The number of carbonyl (C=O) groups excluding carboxylic acids is 2. The number of amides is 1. The van der Waals surface area contributed by atoms with Gasteiger partial charge in [-0.25, -0.2) is 4.79 Å². The molecule has 27 heavy (non-hydrogen) atoms. The van der Waals surface area contributed by atoms with Crippen molar-refractivity contribution in [1.29, 1.82) is 0 Å². The van der Waals surface area contributed by atoms with Crippen LogP contribution in [0, 0.1) is 13.8 Å². The van der Waals surface area contributed by atoms with E-state index in [0.717, 1.165) is 10.9 Å². The van der Waals surface area contributed by atoms with Crippen molar-refractivity contribution in [1.82, 2.24) is 0 Å². The van der Waals surface area contributed by atoms with Crippen molar-refractivity contribution >= 4 is 40.1 Å². The van der Waals surface area contributed by atoms with Crippen molar-refractivity contribution in [3.05, 3.63) is 58.3 Å². The Hall–Kier alpha value is -2.99. The molecule has 0 aliphatic carbocycles. The van der Waals surface area contributed by atoms with Gasteiger partial charge in [-0.1, -0.05) is 17.7 Å². The first-order chi connectivity index (χ1) is 12.9. The topological polar surface area (TPSA) is 77.8 Å². The van der Waals surface area contributed by atoms with Gasteiger partial charge in [0, 0.05) is 21.7 Å². The van der Waals surface area contributed by atoms with Crippen LogP contribution in [0.1, 0.15) is 21.7 Å². The van der Waals surface area contributed by atoms with E-state index in [1.54, 1.807) is 50.4 Å². The second kappa shape index (κ2) is 7.72. The highest BCUT2D eigenvalue weighted by molar-refractivity contribution is 6.31. The van der Waals surface area contributed by atoms with Gasteiger partial charge < -0.3 is 19.2 Å². The highest BCUT2D eigenvalue weighted by atomic mass is 35.5. The Labute approximate surface area is 161 Å². The van der Waals surface area contributed by atoms with Crippen molar-refractivity contribution in [3.8, 4) is 5.75 Å². The summed E-state index contributed by atoms with van der Waals surface area (Å²) in [6.45, 7) is 3.14. The van der Waals surface area contributed by atoms with Gasteiger partial charge >= 0.3 is 5.97 Å². The Kier molecular flexibility index (Phi) is 5.37. The van der Waals surface area contributed by atoms with Crippen molar-refractivity contribution in [2.75, 3.05) is 19.0 Å². The van der Waals surface area contributed by atoms with Crippen LogP contribution in [-0.4, -0.2) is 25.6 Å². The largest absolute Gasteiger partial charge is 0.497 e. The average molecular weight is 388 g/mol. The molecule has 1 amide bonds. The number of carbonyl (C=O) groups is 2. The predicted octanol–water partition coefficient (Wildman–Crippen LogP) is 4.51. The SMILES string of the molecule is COc1ccc2oc(C(=O)OCC(=O)Nc3cc(Cl)ccc3C)c(C)c2c1. The number of ether oxygens (including phenoxy) is 2. The quantitative estimate of drug-likeness (QED) is 0.652. The Balaban J connectivity index is 1.68. The molecule has 0 unspecified atom stereocenters. The van der Waals surface area contributed by atoms with E-state index in [9.17, 15) is 9.59 Å². The van der Waals surface area contributed by atoms with Gasteiger partial charge in [0.1, 0.15) is 11.3 Å². The number of halogens is 1. The number of methoxy groups -OCH3 is 1. The zero-order valence-electron chi connectivity index (χ0n) is 15.1. The lowest BCUT2D eigenvalue weighted by molar-refractivity contribution is -0.119. The van der Waals surface area contributed by atoms with E-state index in [4.69, 9.17) is 25.5 Å². The summed E-state index contributed by atoms with van der Waals surface area (Å²) in [5.41, 5.74) is 2.58. The lowest BCUT2D eigenvalue weighted by Gasteiger charge is -2.09. The van der Waals surface area contributed by atoms with E-state index >= 15 is 0 Å². The first-order valence-corrected chi connectivity index (χ1v) is 8.57. The zero-order chi connectivity index (χ0) is 19.6. The van der Waals surface area contributed by atoms with Crippen LogP contribution in [0.3, 0.4) is 0 Å². The third kappa shape index (κ3) is 4.06. The molecule has 1 N–H and O–H groups in total. The highest BCUT2D eigenvalue weighted by Crippen LogP contribution is 2.29. The van der Waals surface area contributed by atoms with Crippen molar-refractivity contribution in [3.63, 3.8) is 0 Å². The molecule has 0 bridgehead atoms. The molecular formula is C20H18ClNO5. The molecule has 0 saturated heterocycles. The Bertz CT molecular complexity index is 1020. The normalized spacial score (nSPS) is 10.7. The number of benzene rings is 2. The summed E-state index contributed by atoms with van der Waals surface area (Å²) in [5.74, 6) is -0.461. The molecule has 0 aliphatic rings. The number of hydrogen-bond donors (Lipinski definition) is 1. The molecule has 6 nitrogen and oxygen atoms in total. The standard InChI is InChI=1S/C20H18ClNO5/c1-11-4-5-13(21)8-16(11)22-18(23)10-26-20(24)19-12(2)15-9-14(25-3)6-7-17(15)27-19/h4-9H,10H2,1-3H3,(H,22,23). The van der Waals surface area contributed by atoms with E-state index in [-0.39, 0.29) is 5.76 Å². The molecule has 3 aromatic rings. The predicted molar refractivity (Wildman–Crippen MR) is 103 cm³/mol. The number of rotatable bonds is 5. The summed E-state index contributed by atoms with van der Waals surface area (Å²) < 4.78 is 15.8. The summed E-state index contributed by atoms with van der Waals surface area (Å²) in [7, 11) is 1.56. The minimum Gasteiger partial charge on any atom is -0.497 e. The second-order valence-corrected chi connectivity index (χ2v) is 6.44. The first kappa shape index (κ1) is 18.8. The fourth-order valence-corrected chi connectivity index (χ4v) is 2.81. The number of hydrogen-bond acceptors (Lipinski definition) is 5. The van der Waals surface area contributed by atoms with Crippen molar-refractivity contribution in [2.24, 2.45) is 0 Å². The maximum absolute atomic E-state index is 12.3. The highest BCUT2D eigenvalue weighted by Gasteiger charge is 2.20. The molecule has 0 aliphatic heterocycles. The molecule has 1 aromatic heterocycles. The summed E-state index contributed by atoms with van der Waals surface area (Å²) in [6.07, 6.45) is 0. The van der Waals surface area contributed by atoms with Gasteiger partial charge in [-0.15, -0.1) is 0 Å². The zero-order valence-corrected chi connectivity index (χ0v) is 15.8. The fraction of sp³-hybridized carbons (Fsp3) is 0.200. The number of nitrogens with one attached hydrogen (secondary N) is 1. The van der Waals surface area contributed by atoms with Crippen molar-refractivity contribution < 1.29 is 23.5 Å². The lowest BCUT2D eigenvalue weighted by Crippen LogP contribution is -2.21. The van der Waals surface area contributed by atoms with Gasteiger partial charge in [-0.2, -0.15) is 0 Å². The number of anilines is 1. The average Bonchev–Trinajstić information content (AvgIpc) is 2.99. The minimum absolute atomic E-state index is 0.0602. The molecular weight excluding hydrogens is 370 g/mol. The number of aryl methyl sites for hydroxylation is 2. The summed E-state index contributed by atoms with van der Waals surface area (Å²) >= 11 is 5.93. The van der Waals surface area contributed by atoms with Crippen LogP contribution in [0.25, 0.3) is 11.0 Å². The molecule has 0 radical (unpaired) electrons. The van der Waals surface area contributed by atoms with Crippen molar-refractivity contribution in [2.45, 2.75) is 13.8 Å². The Morgan fingerprint density at radius 2 is 1.93 bits per heavy atom. The Morgan fingerprint density at radius 3 is 2.67 bits per heavy atom. The number of fused-ring (bicyclic) bond motifs is 1. The third-order valence-corrected chi connectivity index (χ3v) is 4.37. The van der Waals surface area contributed by atoms with Crippen LogP contribution >= 0.6 is 11.6 Å². The van der Waals surface area contributed by atoms with Gasteiger partial charge in [0.05, 0.1) is 7.11 Å². The van der Waals surface area contributed by atoms with Gasteiger partial charge in [-0.3, -0.25) is 4.79 Å². The second-order valence-electron chi connectivity index (χ2n) is 6.00. The number of furan rings is 1. The van der Waals surface area contributed by atoms with Gasteiger partial charge in [0.2, 0.25) is 5.76 Å². The van der Waals surface area contributed by atoms with E-state index in [2.05, 4.69) is 5.32 Å². The summed E-state index contributed by atoms with van der Waals surface area (Å²) in [6, 6.07) is 10.4. The van der Waals surface area contributed by atoms with Crippen LogP contribution in [0.4, 0.5) is 5.69 Å². The smallest absolute Gasteiger partial charge is 0.375 e. The number of esters is 1. The van der Waals surface area contributed by atoms with Gasteiger partial charge in [0.15, 0.2) is 6.61 Å². The van der Waals surface area contributed by atoms with Crippen LogP contribution in [0.15, 0.2) is 40.8 Å². The molecule has 1 heterocycles. The molecule has 140 valence electrons. The molecule has 3 rings (SSSR count). The lowest BCUT2D eigenvalue weighted by atomic mass is 10.1. The maximum Gasteiger partial charge on any atom is 0.375 e. The summed E-state index contributed by atoms with van der Waals surface area (Å²) in [5, 5.41) is 3.92. The van der Waals surface area contributed by atoms with Gasteiger partial charge in [0.25, 0.3) is 5.91 Å². The fourth-order valence-electron chi connectivity index (χ4n) is 2.63. The van der Waals surface area contributed by atoms with E-state index in [1.807, 2.05) is 6.92 Å². The van der Waals surface area contributed by atoms with Crippen LogP contribution in [-0.2, 0) is 9.53 Å². The van der Waals surface area contributed by atoms with E-state index < -0.39 is 18.5 Å². The monoisotopic (exact) mass is 387 g/mol. The molecule has 7 heteroatoms. The summed E-state index contributed by atoms with van der Waals surface area (Å²) in [4.78, 5) is 24.4. The molecule has 0 saturated carbocycles. The third-order valence-electron chi connectivity index (χ3n) is 4.14. The van der Waals surface area contributed by atoms with Crippen LogP contribution in [0.2, 0.25) is 5.02 Å². The molecule has 0 spiro atoms. The van der Waals surface area contributed by atoms with Crippen LogP contribution in [0.5, 0.6) is 5.75 Å².